The van der Waals surface area contributed by atoms with Crippen LogP contribution < -0.4 is 11.3 Å². The molecular formula is C12H23N5. The van der Waals surface area contributed by atoms with Gasteiger partial charge in [0.15, 0.2) is 0 Å². The first-order valence-electron chi connectivity index (χ1n) is 6.59. The first-order chi connectivity index (χ1) is 8.26. The quantitative estimate of drug-likeness (QED) is 0.594. The van der Waals surface area contributed by atoms with Crippen molar-refractivity contribution in [1.29, 1.82) is 0 Å². The second-order valence-corrected chi connectivity index (χ2v) is 5.04. The van der Waals surface area contributed by atoms with Crippen LogP contribution in [0.25, 0.3) is 0 Å². The number of rotatable bonds is 5. The first-order valence-corrected chi connectivity index (χ1v) is 6.59. The number of hydrogen-bond acceptors (Lipinski definition) is 4. The molecule has 3 unspecified atom stereocenters. The molecule has 0 bridgehead atoms. The number of nitrogens with two attached hydrogens (primary N) is 1. The largest absolute Gasteiger partial charge is 0.271 e. The van der Waals surface area contributed by atoms with E-state index in [4.69, 9.17) is 5.84 Å². The fourth-order valence-corrected chi connectivity index (χ4v) is 3.01. The molecule has 1 aliphatic carbocycles. The summed E-state index contributed by atoms with van der Waals surface area (Å²) in [6.45, 7) is 5.28. The van der Waals surface area contributed by atoms with Crippen molar-refractivity contribution in [3.05, 3.63) is 12.2 Å². The van der Waals surface area contributed by atoms with E-state index < -0.39 is 0 Å². The molecule has 1 aromatic rings. The molecule has 1 fully saturated rings. The summed E-state index contributed by atoms with van der Waals surface area (Å²) in [5, 5.41) is 4.20. The SMILES string of the molecule is CCn1ncnc1CC(NN)C1CCCC1C. The minimum Gasteiger partial charge on any atom is -0.271 e. The molecule has 0 radical (unpaired) electrons. The Bertz CT molecular complexity index is 348. The van der Waals surface area contributed by atoms with E-state index in [0.717, 1.165) is 24.7 Å². The van der Waals surface area contributed by atoms with Crippen LogP contribution in [0.1, 0.15) is 38.9 Å². The minimum absolute atomic E-state index is 0.321. The van der Waals surface area contributed by atoms with Gasteiger partial charge < -0.3 is 0 Å². The lowest BCUT2D eigenvalue weighted by Crippen LogP contribution is -2.43. The molecule has 0 aliphatic heterocycles. The summed E-state index contributed by atoms with van der Waals surface area (Å²) in [6.07, 6.45) is 6.42. The van der Waals surface area contributed by atoms with Crippen LogP contribution in [-0.4, -0.2) is 20.8 Å². The lowest BCUT2D eigenvalue weighted by Gasteiger charge is -2.25. The van der Waals surface area contributed by atoms with Gasteiger partial charge in [0.05, 0.1) is 0 Å². The van der Waals surface area contributed by atoms with Gasteiger partial charge in [0, 0.05) is 19.0 Å². The van der Waals surface area contributed by atoms with Gasteiger partial charge in [-0.3, -0.25) is 16.0 Å². The minimum atomic E-state index is 0.321. The highest BCUT2D eigenvalue weighted by molar-refractivity contribution is 4.94. The van der Waals surface area contributed by atoms with Crippen molar-refractivity contribution in [2.45, 2.75) is 52.1 Å². The molecule has 0 aromatic carbocycles. The number of aryl methyl sites for hydroxylation is 1. The van der Waals surface area contributed by atoms with Gasteiger partial charge in [-0.1, -0.05) is 19.8 Å². The zero-order valence-electron chi connectivity index (χ0n) is 10.8. The molecule has 0 spiro atoms. The van der Waals surface area contributed by atoms with Gasteiger partial charge in [-0.15, -0.1) is 0 Å². The van der Waals surface area contributed by atoms with Gasteiger partial charge in [-0.05, 0) is 25.2 Å². The maximum Gasteiger partial charge on any atom is 0.138 e. The monoisotopic (exact) mass is 237 g/mol. The number of hydrogen-bond donors (Lipinski definition) is 2. The zero-order valence-corrected chi connectivity index (χ0v) is 10.8. The Morgan fingerprint density at radius 3 is 3.00 bits per heavy atom. The first kappa shape index (κ1) is 12.5. The molecule has 5 nitrogen and oxygen atoms in total. The molecule has 96 valence electrons. The maximum atomic E-state index is 5.72. The zero-order chi connectivity index (χ0) is 12.3. The molecule has 3 atom stereocenters. The molecule has 0 amide bonds. The van der Waals surface area contributed by atoms with E-state index in [2.05, 4.69) is 29.4 Å². The lowest BCUT2D eigenvalue weighted by atomic mass is 9.88. The second kappa shape index (κ2) is 5.60. The van der Waals surface area contributed by atoms with Crippen molar-refractivity contribution in [3.8, 4) is 0 Å². The molecule has 1 aliphatic rings. The predicted octanol–water partition coefficient (Wildman–Crippen LogP) is 1.11. The van der Waals surface area contributed by atoms with Crippen molar-refractivity contribution >= 4 is 0 Å². The molecule has 0 saturated heterocycles. The molecule has 1 aromatic heterocycles. The van der Waals surface area contributed by atoms with E-state index in [1.807, 2.05) is 4.68 Å². The molecule has 3 N–H and O–H groups in total. The van der Waals surface area contributed by atoms with Crippen molar-refractivity contribution in [3.63, 3.8) is 0 Å². The summed E-state index contributed by atoms with van der Waals surface area (Å²) in [5.41, 5.74) is 2.98. The summed E-state index contributed by atoms with van der Waals surface area (Å²) in [5.74, 6) is 8.18. The lowest BCUT2D eigenvalue weighted by molar-refractivity contribution is 0.291. The Morgan fingerprint density at radius 1 is 1.59 bits per heavy atom. The summed E-state index contributed by atoms with van der Waals surface area (Å²) in [4.78, 5) is 4.33. The van der Waals surface area contributed by atoms with Gasteiger partial charge >= 0.3 is 0 Å². The van der Waals surface area contributed by atoms with Crippen molar-refractivity contribution in [2.75, 3.05) is 0 Å². The van der Waals surface area contributed by atoms with E-state index >= 15 is 0 Å². The fourth-order valence-electron chi connectivity index (χ4n) is 3.01. The molecule has 1 heterocycles. The molecule has 1 saturated carbocycles. The van der Waals surface area contributed by atoms with E-state index in [9.17, 15) is 0 Å². The highest BCUT2D eigenvalue weighted by atomic mass is 15.3. The smallest absolute Gasteiger partial charge is 0.138 e. The van der Waals surface area contributed by atoms with E-state index in [0.29, 0.717) is 12.0 Å². The third-order valence-corrected chi connectivity index (χ3v) is 4.06. The summed E-state index contributed by atoms with van der Waals surface area (Å²) in [6, 6.07) is 0.321. The normalized spacial score (nSPS) is 26.3. The van der Waals surface area contributed by atoms with Crippen molar-refractivity contribution in [2.24, 2.45) is 17.7 Å². The second-order valence-electron chi connectivity index (χ2n) is 5.04. The van der Waals surface area contributed by atoms with E-state index in [-0.39, 0.29) is 0 Å². The fraction of sp³-hybridized carbons (Fsp3) is 0.833. The van der Waals surface area contributed by atoms with E-state index in [1.54, 1.807) is 6.33 Å². The summed E-state index contributed by atoms with van der Waals surface area (Å²) >= 11 is 0. The molecule has 2 rings (SSSR count). The average molecular weight is 237 g/mol. The third-order valence-electron chi connectivity index (χ3n) is 4.06. The standard InChI is InChI=1S/C12H23N5/c1-3-17-12(14-8-15-17)7-11(16-13)10-6-4-5-9(10)2/h8-11,16H,3-7,13H2,1-2H3. The van der Waals surface area contributed by atoms with Crippen LogP contribution in [0, 0.1) is 11.8 Å². The predicted molar refractivity (Wildman–Crippen MR) is 67.0 cm³/mol. The van der Waals surface area contributed by atoms with E-state index in [1.165, 1.54) is 19.3 Å². The van der Waals surface area contributed by atoms with Crippen LogP contribution in [0.3, 0.4) is 0 Å². The summed E-state index contributed by atoms with van der Waals surface area (Å²) < 4.78 is 1.95. The van der Waals surface area contributed by atoms with Gasteiger partial charge in [-0.2, -0.15) is 5.10 Å². The van der Waals surface area contributed by atoms with Crippen LogP contribution in [0.15, 0.2) is 6.33 Å². The summed E-state index contributed by atoms with van der Waals surface area (Å²) in [7, 11) is 0. The highest BCUT2D eigenvalue weighted by Gasteiger charge is 2.31. The van der Waals surface area contributed by atoms with Crippen molar-refractivity contribution < 1.29 is 0 Å². The Balaban J connectivity index is 2.04. The Hall–Kier alpha value is -0.940. The number of aromatic nitrogens is 3. The molecule has 5 heteroatoms. The maximum absolute atomic E-state index is 5.72. The van der Waals surface area contributed by atoms with Gasteiger partial charge in [-0.25, -0.2) is 4.98 Å². The van der Waals surface area contributed by atoms with Crippen LogP contribution in [0.2, 0.25) is 0 Å². The van der Waals surface area contributed by atoms with Crippen LogP contribution in [-0.2, 0) is 13.0 Å². The third kappa shape index (κ3) is 2.66. The molecule has 17 heavy (non-hydrogen) atoms. The van der Waals surface area contributed by atoms with Crippen LogP contribution in [0.4, 0.5) is 0 Å². The number of nitrogens with one attached hydrogen (secondary N) is 1. The van der Waals surface area contributed by atoms with Crippen molar-refractivity contribution in [1.82, 2.24) is 20.2 Å². The Morgan fingerprint density at radius 2 is 2.41 bits per heavy atom. The Kier molecular flexibility index (Phi) is 4.12. The van der Waals surface area contributed by atoms with Crippen LogP contribution >= 0.6 is 0 Å². The number of hydrazine groups is 1. The topological polar surface area (TPSA) is 68.8 Å². The van der Waals surface area contributed by atoms with Gasteiger partial charge in [0.25, 0.3) is 0 Å². The highest BCUT2D eigenvalue weighted by Crippen LogP contribution is 2.34. The number of nitrogens with zero attached hydrogens (tertiary/aromatic N) is 3. The van der Waals surface area contributed by atoms with Gasteiger partial charge in [0.2, 0.25) is 0 Å². The average Bonchev–Trinajstić information content (AvgIpc) is 2.94. The van der Waals surface area contributed by atoms with Gasteiger partial charge in [0.1, 0.15) is 12.2 Å². The molecular weight excluding hydrogens is 214 g/mol. The van der Waals surface area contributed by atoms with Crippen LogP contribution in [0.5, 0.6) is 0 Å². The Labute approximate surface area is 103 Å².